The number of fused-ring (bicyclic) bond motifs is 1. The largest absolute Gasteiger partial charge is 0.465 e. The Kier molecular flexibility index (Phi) is 11.5. The minimum Gasteiger partial charge on any atom is -0.465 e. The van der Waals surface area contributed by atoms with Crippen LogP contribution >= 0.6 is 0 Å². The van der Waals surface area contributed by atoms with Crippen LogP contribution in [0.4, 0.5) is 0 Å². The van der Waals surface area contributed by atoms with Gasteiger partial charge in [-0.1, -0.05) is 13.8 Å². The third kappa shape index (κ3) is 8.38. The van der Waals surface area contributed by atoms with Gasteiger partial charge in [0.05, 0.1) is 26.1 Å². The summed E-state index contributed by atoms with van der Waals surface area (Å²) in [6.07, 6.45) is -7.08. The number of hydrogen-bond donors (Lipinski definition) is 3. The molecule has 10 atom stereocenters. The minimum absolute atomic E-state index is 0.0351. The van der Waals surface area contributed by atoms with Crippen molar-refractivity contribution in [1.82, 2.24) is 0 Å². The number of aliphatic hydroxyl groups is 3. The topological polar surface area (TPSA) is 194 Å². The van der Waals surface area contributed by atoms with E-state index < -0.39 is 91.3 Å². The van der Waals surface area contributed by atoms with Crippen LogP contribution in [0.15, 0.2) is 11.8 Å². The van der Waals surface area contributed by atoms with Gasteiger partial charge in [-0.15, -0.1) is 0 Å². The van der Waals surface area contributed by atoms with Gasteiger partial charge in [0.1, 0.15) is 24.4 Å². The summed E-state index contributed by atoms with van der Waals surface area (Å²) in [7, 11) is 0. The third-order valence-electron chi connectivity index (χ3n) is 7.23. The fourth-order valence-electron chi connectivity index (χ4n) is 5.48. The van der Waals surface area contributed by atoms with Gasteiger partial charge in [-0.2, -0.15) is 0 Å². The van der Waals surface area contributed by atoms with Crippen molar-refractivity contribution >= 4 is 23.9 Å². The van der Waals surface area contributed by atoms with Crippen molar-refractivity contribution in [2.75, 3.05) is 19.8 Å². The molecule has 0 amide bonds. The maximum atomic E-state index is 12.6. The van der Waals surface area contributed by atoms with Crippen LogP contribution < -0.4 is 0 Å². The fraction of sp³-hybridized carbons (Fsp3) is 0.778. The zero-order valence-corrected chi connectivity index (χ0v) is 23.8. The van der Waals surface area contributed by atoms with Crippen molar-refractivity contribution in [3.05, 3.63) is 11.8 Å². The molecule has 14 nitrogen and oxygen atoms in total. The normalized spacial score (nSPS) is 34.6. The van der Waals surface area contributed by atoms with Crippen LogP contribution in [0.5, 0.6) is 0 Å². The lowest BCUT2D eigenvalue weighted by atomic mass is 9.83. The molecule has 2 fully saturated rings. The highest BCUT2D eigenvalue weighted by atomic mass is 16.7. The van der Waals surface area contributed by atoms with E-state index >= 15 is 0 Å². The van der Waals surface area contributed by atoms with Gasteiger partial charge in [0.15, 0.2) is 12.4 Å². The maximum Gasteiger partial charge on any atom is 0.309 e. The number of hydrogen-bond acceptors (Lipinski definition) is 14. The van der Waals surface area contributed by atoms with Crippen LogP contribution in [-0.4, -0.2) is 102 Å². The fourth-order valence-corrected chi connectivity index (χ4v) is 5.48. The second-order valence-electron chi connectivity index (χ2n) is 10.9. The molecule has 0 bridgehead atoms. The van der Waals surface area contributed by atoms with E-state index in [-0.39, 0.29) is 32.0 Å². The smallest absolute Gasteiger partial charge is 0.309 e. The molecular weight excluding hydrogens is 548 g/mol. The number of carbonyl (C=O) groups excluding carboxylic acids is 4. The highest BCUT2D eigenvalue weighted by Crippen LogP contribution is 2.48. The van der Waals surface area contributed by atoms with E-state index in [2.05, 4.69) is 0 Å². The molecule has 3 rings (SSSR count). The SMILES string of the molecule is CC(=O)OCC1C(OC(C)=O)CC2C(COC3OC(CO)C(O)C(O)C3OC(C)=O)=COC(OC(=O)CC(C)C)C21. The van der Waals surface area contributed by atoms with E-state index in [9.17, 15) is 34.5 Å². The quantitative estimate of drug-likeness (QED) is 0.215. The molecule has 0 spiro atoms. The molecule has 14 heteroatoms. The number of ether oxygens (including phenoxy) is 7. The maximum absolute atomic E-state index is 12.6. The summed E-state index contributed by atoms with van der Waals surface area (Å²) in [6, 6.07) is 0. The molecule has 3 aliphatic rings. The van der Waals surface area contributed by atoms with Gasteiger partial charge in [0.25, 0.3) is 0 Å². The van der Waals surface area contributed by atoms with Gasteiger partial charge in [-0.05, 0) is 23.8 Å². The van der Waals surface area contributed by atoms with Crippen molar-refractivity contribution in [2.24, 2.45) is 23.7 Å². The summed E-state index contributed by atoms with van der Waals surface area (Å²) < 4.78 is 38.9. The van der Waals surface area contributed by atoms with E-state index in [4.69, 9.17) is 33.2 Å². The Morgan fingerprint density at radius 2 is 1.66 bits per heavy atom. The Hall–Kier alpha value is -2.78. The Morgan fingerprint density at radius 3 is 2.24 bits per heavy atom. The van der Waals surface area contributed by atoms with E-state index in [0.717, 1.165) is 6.92 Å². The number of esters is 4. The van der Waals surface area contributed by atoms with Gasteiger partial charge in [-0.3, -0.25) is 19.2 Å². The zero-order valence-electron chi connectivity index (χ0n) is 23.8. The highest BCUT2D eigenvalue weighted by molar-refractivity contribution is 5.70. The number of aliphatic hydroxyl groups excluding tert-OH is 3. The van der Waals surface area contributed by atoms with Crippen LogP contribution in [0, 0.1) is 23.7 Å². The molecular formula is C27H40O14. The van der Waals surface area contributed by atoms with Crippen LogP contribution in [0.3, 0.4) is 0 Å². The van der Waals surface area contributed by atoms with Crippen LogP contribution in [0.1, 0.15) is 47.5 Å². The van der Waals surface area contributed by atoms with Crippen LogP contribution in [0.2, 0.25) is 0 Å². The number of carbonyl (C=O) groups is 4. The van der Waals surface area contributed by atoms with Crippen LogP contribution in [0.25, 0.3) is 0 Å². The first-order valence-electron chi connectivity index (χ1n) is 13.6. The van der Waals surface area contributed by atoms with E-state index in [0.29, 0.717) is 5.57 Å². The average Bonchev–Trinajstić information content (AvgIpc) is 3.23. The summed E-state index contributed by atoms with van der Waals surface area (Å²) in [5, 5.41) is 30.3. The first-order chi connectivity index (χ1) is 19.3. The second-order valence-corrected chi connectivity index (χ2v) is 10.9. The van der Waals surface area contributed by atoms with Gasteiger partial charge >= 0.3 is 23.9 Å². The lowest BCUT2D eigenvalue weighted by Crippen LogP contribution is -2.60. The molecule has 232 valence electrons. The lowest BCUT2D eigenvalue weighted by molar-refractivity contribution is -0.302. The summed E-state index contributed by atoms with van der Waals surface area (Å²) in [6.45, 7) is 6.42. The van der Waals surface area contributed by atoms with Crippen molar-refractivity contribution in [1.29, 1.82) is 0 Å². The molecule has 0 radical (unpaired) electrons. The molecule has 1 aliphatic carbocycles. The first-order valence-corrected chi connectivity index (χ1v) is 13.6. The molecule has 2 aliphatic heterocycles. The third-order valence-corrected chi connectivity index (χ3v) is 7.23. The van der Waals surface area contributed by atoms with Gasteiger partial charge in [0.2, 0.25) is 6.29 Å². The van der Waals surface area contributed by atoms with E-state index in [1.165, 1.54) is 20.1 Å². The molecule has 10 unspecified atom stereocenters. The standard InChI is InChI=1S/C27H40O14/c1-12(2)6-21(32)41-26-22-17(7-19(38-14(4)30)18(22)11-35-13(3)29)16(9-36-26)10-37-27-25(39-15(5)31)24(34)23(33)20(8-28)40-27/h9,12,17-20,22-28,33-34H,6-8,10-11H2,1-5H3. The molecule has 0 aromatic rings. The molecule has 0 aromatic heterocycles. The monoisotopic (exact) mass is 588 g/mol. The highest BCUT2D eigenvalue weighted by Gasteiger charge is 2.54. The Labute approximate surface area is 237 Å². The molecule has 1 saturated heterocycles. The predicted octanol–water partition coefficient (Wildman–Crippen LogP) is -0.0497. The van der Waals surface area contributed by atoms with Crippen molar-refractivity contribution < 1.29 is 67.7 Å². The van der Waals surface area contributed by atoms with E-state index in [1.807, 2.05) is 13.8 Å². The van der Waals surface area contributed by atoms with Crippen molar-refractivity contribution in [3.8, 4) is 0 Å². The Balaban J connectivity index is 1.86. The van der Waals surface area contributed by atoms with Crippen molar-refractivity contribution in [2.45, 2.75) is 90.6 Å². The molecule has 41 heavy (non-hydrogen) atoms. The second kappa shape index (κ2) is 14.4. The van der Waals surface area contributed by atoms with Gasteiger partial charge in [0, 0.05) is 39.0 Å². The molecule has 0 aromatic carbocycles. The summed E-state index contributed by atoms with van der Waals surface area (Å²) in [4.78, 5) is 47.8. The average molecular weight is 589 g/mol. The Morgan fingerprint density at radius 1 is 0.976 bits per heavy atom. The Bertz CT molecular complexity index is 979. The molecule has 1 saturated carbocycles. The lowest BCUT2D eigenvalue weighted by Gasteiger charge is -2.41. The molecule has 3 N–H and O–H groups in total. The zero-order chi connectivity index (χ0) is 30.4. The molecule has 2 heterocycles. The van der Waals surface area contributed by atoms with Gasteiger partial charge in [-0.25, -0.2) is 0 Å². The first kappa shape index (κ1) is 32.7. The minimum atomic E-state index is -1.60. The summed E-state index contributed by atoms with van der Waals surface area (Å²) >= 11 is 0. The summed E-state index contributed by atoms with van der Waals surface area (Å²) in [5.74, 6) is -3.87. The predicted molar refractivity (Wildman–Crippen MR) is 135 cm³/mol. The summed E-state index contributed by atoms with van der Waals surface area (Å²) in [5.41, 5.74) is 0.542. The van der Waals surface area contributed by atoms with Crippen LogP contribution in [-0.2, 0) is 52.3 Å². The van der Waals surface area contributed by atoms with Crippen molar-refractivity contribution in [3.63, 3.8) is 0 Å². The van der Waals surface area contributed by atoms with E-state index in [1.54, 1.807) is 0 Å². The number of rotatable bonds is 11. The van der Waals surface area contributed by atoms with Gasteiger partial charge < -0.3 is 48.5 Å².